The zero-order valence-corrected chi connectivity index (χ0v) is 10.5. The number of quaternary nitrogens is 1. The van der Waals surface area contributed by atoms with Gasteiger partial charge in [0.05, 0.1) is 25.4 Å². The van der Waals surface area contributed by atoms with Crippen molar-refractivity contribution in [2.75, 3.05) is 26.2 Å². The van der Waals surface area contributed by atoms with Gasteiger partial charge in [-0.1, -0.05) is 0 Å². The summed E-state index contributed by atoms with van der Waals surface area (Å²) in [5.74, 6) is -0.102. The van der Waals surface area contributed by atoms with Crippen LogP contribution in [0.3, 0.4) is 0 Å². The second-order valence-corrected chi connectivity index (χ2v) is 5.44. The maximum atomic E-state index is 11.6. The van der Waals surface area contributed by atoms with Crippen LogP contribution < -0.4 is 15.5 Å². The molecule has 5 atom stereocenters. The topological polar surface area (TPSA) is 98.4 Å². The Morgan fingerprint density at radius 1 is 1.47 bits per heavy atom. The van der Waals surface area contributed by atoms with Crippen LogP contribution in [0.1, 0.15) is 0 Å². The van der Waals surface area contributed by atoms with Crippen LogP contribution in [0.2, 0.25) is 0 Å². The normalized spacial score (nSPS) is 40.6. The highest BCUT2D eigenvalue weighted by Gasteiger charge is 2.40. The van der Waals surface area contributed by atoms with Gasteiger partial charge in [-0.3, -0.25) is 9.79 Å². The van der Waals surface area contributed by atoms with E-state index >= 15 is 0 Å². The van der Waals surface area contributed by atoms with Gasteiger partial charge in [0.25, 0.3) is 0 Å². The summed E-state index contributed by atoms with van der Waals surface area (Å²) < 4.78 is 0. The van der Waals surface area contributed by atoms with E-state index in [4.69, 9.17) is 5.11 Å². The molecule has 7 heteroatoms. The van der Waals surface area contributed by atoms with Gasteiger partial charge < -0.3 is 25.7 Å². The van der Waals surface area contributed by atoms with Crippen molar-refractivity contribution < 1.29 is 19.9 Å². The monoisotopic (exact) mass is 267 g/mol. The van der Waals surface area contributed by atoms with E-state index in [2.05, 4.69) is 15.6 Å². The van der Waals surface area contributed by atoms with Gasteiger partial charge in [0, 0.05) is 11.8 Å². The third-order valence-electron chi connectivity index (χ3n) is 4.15. The molecule has 19 heavy (non-hydrogen) atoms. The molecule has 1 fully saturated rings. The third-order valence-corrected chi connectivity index (χ3v) is 4.15. The summed E-state index contributed by atoms with van der Waals surface area (Å²) in [5, 5.41) is 24.6. The highest BCUT2D eigenvalue weighted by Crippen LogP contribution is 2.18. The van der Waals surface area contributed by atoms with Crippen molar-refractivity contribution in [1.82, 2.24) is 10.6 Å². The number of amides is 1. The molecule has 0 aromatic heterocycles. The van der Waals surface area contributed by atoms with Crippen molar-refractivity contribution in [3.05, 3.63) is 11.8 Å². The Morgan fingerprint density at radius 2 is 2.32 bits per heavy atom. The lowest BCUT2D eigenvalue weighted by molar-refractivity contribution is -0.885. The molecule has 104 valence electrons. The van der Waals surface area contributed by atoms with Crippen LogP contribution in [0, 0.1) is 5.92 Å². The number of likely N-dealkylation sites (tertiary alicyclic amines) is 1. The predicted molar refractivity (Wildman–Crippen MR) is 67.6 cm³/mol. The van der Waals surface area contributed by atoms with E-state index in [1.165, 1.54) is 11.2 Å². The van der Waals surface area contributed by atoms with Crippen molar-refractivity contribution in [3.8, 4) is 0 Å². The van der Waals surface area contributed by atoms with E-state index in [0.717, 1.165) is 18.7 Å². The Labute approximate surface area is 111 Å². The number of aliphatic imine (C=N–C) groups is 1. The number of hydrogen-bond donors (Lipinski definition) is 5. The summed E-state index contributed by atoms with van der Waals surface area (Å²) in [6.45, 7) is 2.15. The summed E-state index contributed by atoms with van der Waals surface area (Å²) in [4.78, 5) is 17.2. The number of nitrogens with zero attached hydrogens (tertiary/aromatic N) is 1. The van der Waals surface area contributed by atoms with Crippen LogP contribution in [0.15, 0.2) is 16.8 Å². The number of hydrogen-bond acceptors (Lipinski definition) is 5. The van der Waals surface area contributed by atoms with E-state index in [1.807, 2.05) is 6.20 Å². The summed E-state index contributed by atoms with van der Waals surface area (Å²) >= 11 is 0. The smallest absolute Gasteiger partial charge is 0.250 e. The zero-order chi connectivity index (χ0) is 13.4. The van der Waals surface area contributed by atoms with Crippen molar-refractivity contribution in [2.24, 2.45) is 10.9 Å². The van der Waals surface area contributed by atoms with E-state index in [9.17, 15) is 9.90 Å². The molecule has 0 spiro atoms. The molecule has 5 N–H and O–H groups in total. The summed E-state index contributed by atoms with van der Waals surface area (Å²) in [6.07, 6.45) is 2.88. The van der Waals surface area contributed by atoms with Gasteiger partial charge in [-0.25, -0.2) is 0 Å². The van der Waals surface area contributed by atoms with Crippen molar-refractivity contribution in [1.29, 1.82) is 0 Å². The molecule has 0 bridgehead atoms. The summed E-state index contributed by atoms with van der Waals surface area (Å²) in [6, 6.07) is -0.438. The van der Waals surface area contributed by atoms with Crippen LogP contribution in [-0.4, -0.2) is 66.9 Å². The lowest BCUT2D eigenvalue weighted by Crippen LogP contribution is -3.11. The van der Waals surface area contributed by atoms with Gasteiger partial charge in [-0.15, -0.1) is 0 Å². The minimum absolute atomic E-state index is 0.0224. The molecular weight excluding hydrogens is 248 g/mol. The molecule has 3 aliphatic rings. The molecule has 3 unspecified atom stereocenters. The van der Waals surface area contributed by atoms with E-state index in [1.54, 1.807) is 0 Å². The largest absolute Gasteiger partial charge is 0.396 e. The van der Waals surface area contributed by atoms with Gasteiger partial charge in [0.15, 0.2) is 0 Å². The van der Waals surface area contributed by atoms with E-state index < -0.39 is 6.10 Å². The van der Waals surface area contributed by atoms with Crippen LogP contribution in [0.5, 0.6) is 0 Å². The SMILES string of the molecule is O=C1NC=NC2C(C[NH+]3C[C@H](CO)[C@@H](O)C3)=CNC12. The van der Waals surface area contributed by atoms with Crippen molar-refractivity contribution >= 4 is 12.2 Å². The number of nitrogens with one attached hydrogen (secondary N) is 3. The molecule has 0 aromatic carbocycles. The van der Waals surface area contributed by atoms with Gasteiger partial charge in [-0.2, -0.15) is 0 Å². The van der Waals surface area contributed by atoms with E-state index in [0.29, 0.717) is 6.54 Å². The average molecular weight is 267 g/mol. The molecule has 3 rings (SSSR count). The Balaban J connectivity index is 1.64. The number of fused-ring (bicyclic) bond motifs is 1. The van der Waals surface area contributed by atoms with Crippen molar-refractivity contribution in [2.45, 2.75) is 18.2 Å². The van der Waals surface area contributed by atoms with Crippen LogP contribution in [0.4, 0.5) is 0 Å². The molecule has 1 saturated heterocycles. The second-order valence-electron chi connectivity index (χ2n) is 5.44. The van der Waals surface area contributed by atoms with Crippen LogP contribution in [0.25, 0.3) is 0 Å². The lowest BCUT2D eigenvalue weighted by Gasteiger charge is -2.22. The highest BCUT2D eigenvalue weighted by molar-refractivity contribution is 5.95. The molecule has 0 aromatic rings. The first kappa shape index (κ1) is 12.6. The third kappa shape index (κ3) is 2.24. The Kier molecular flexibility index (Phi) is 3.26. The zero-order valence-electron chi connectivity index (χ0n) is 10.5. The van der Waals surface area contributed by atoms with Gasteiger partial charge in [0.1, 0.15) is 31.3 Å². The maximum Gasteiger partial charge on any atom is 0.250 e. The minimum Gasteiger partial charge on any atom is -0.396 e. The van der Waals surface area contributed by atoms with Crippen LogP contribution in [-0.2, 0) is 4.79 Å². The molecule has 0 aliphatic carbocycles. The second kappa shape index (κ2) is 4.92. The van der Waals surface area contributed by atoms with Gasteiger partial charge in [-0.05, 0) is 0 Å². The fourth-order valence-electron chi connectivity index (χ4n) is 3.09. The maximum absolute atomic E-state index is 11.6. The molecule has 3 heterocycles. The summed E-state index contributed by atoms with van der Waals surface area (Å²) in [5.41, 5.74) is 1.08. The van der Waals surface area contributed by atoms with Crippen LogP contribution >= 0.6 is 0 Å². The van der Waals surface area contributed by atoms with Crippen molar-refractivity contribution in [3.63, 3.8) is 0 Å². The molecule has 3 aliphatic heterocycles. The van der Waals surface area contributed by atoms with Gasteiger partial charge >= 0.3 is 0 Å². The fourth-order valence-corrected chi connectivity index (χ4v) is 3.09. The first-order chi connectivity index (χ1) is 9.19. The number of carbonyl (C=O) groups excluding carboxylic acids is 1. The minimum atomic E-state index is -0.441. The summed E-state index contributed by atoms with van der Waals surface area (Å²) in [7, 11) is 0. The number of aliphatic hydroxyl groups is 2. The van der Waals surface area contributed by atoms with Gasteiger partial charge in [0.2, 0.25) is 5.91 Å². The standard InChI is InChI=1S/C12H18N4O3/c17-5-8-3-16(4-9(8)18)2-7-1-13-11-10(7)14-6-15-12(11)19/h1,6,8-11,13,17-18H,2-5H2,(H,14,15,19)/p+1/t8-,9+,10?,11?/m1/s1. The first-order valence-electron chi connectivity index (χ1n) is 6.58. The molecular formula is C12H19N4O3+. The fraction of sp³-hybridized carbons (Fsp3) is 0.667. The number of aliphatic hydroxyl groups excluding tert-OH is 2. The number of rotatable bonds is 3. The average Bonchev–Trinajstić information content (AvgIpc) is 2.95. The molecule has 1 amide bonds. The molecule has 0 radical (unpaired) electrons. The Morgan fingerprint density at radius 3 is 3.05 bits per heavy atom. The quantitative estimate of drug-likeness (QED) is 0.363. The number of carbonyl (C=O) groups is 1. The molecule has 0 saturated carbocycles. The Hall–Kier alpha value is -1.44. The highest BCUT2D eigenvalue weighted by atomic mass is 16.3. The van der Waals surface area contributed by atoms with E-state index in [-0.39, 0.29) is 30.5 Å². The Bertz CT molecular complexity index is 437. The first-order valence-corrected chi connectivity index (χ1v) is 6.58. The molecule has 7 nitrogen and oxygen atoms in total. The predicted octanol–water partition coefficient (Wildman–Crippen LogP) is -3.76. The lowest BCUT2D eigenvalue weighted by atomic mass is 10.0.